The molecule has 0 bridgehead atoms. The molecule has 2 rings (SSSR count). The average Bonchev–Trinajstić information content (AvgIpc) is 2.61. The maximum Gasteiger partial charge on any atom is 0.240 e. The van der Waals surface area contributed by atoms with Crippen LogP contribution in [0, 0.1) is 5.92 Å². The number of sulfonamides is 1. The molecule has 0 amide bonds. The number of hydrogen-bond acceptors (Lipinski definition) is 3. The molecule has 0 saturated heterocycles. The van der Waals surface area contributed by atoms with Gasteiger partial charge in [-0.05, 0) is 37.3 Å². The second-order valence-corrected chi connectivity index (χ2v) is 9.47. The maximum atomic E-state index is 12.7. The van der Waals surface area contributed by atoms with Crippen molar-refractivity contribution in [2.45, 2.75) is 82.6 Å². The van der Waals surface area contributed by atoms with Crippen molar-refractivity contribution in [2.24, 2.45) is 5.92 Å². The quantitative estimate of drug-likeness (QED) is 0.523. The Bertz CT molecular complexity index is 663. The summed E-state index contributed by atoms with van der Waals surface area (Å²) >= 11 is 6.18. The lowest BCUT2D eigenvalue weighted by Crippen LogP contribution is -2.40. The van der Waals surface area contributed by atoms with Gasteiger partial charge in [0.05, 0.1) is 16.5 Å². The number of rotatable bonds is 10. The molecule has 6 heteroatoms. The summed E-state index contributed by atoms with van der Waals surface area (Å²) in [5, 5.41) is 0.448. The average molecular weight is 402 g/mol. The highest BCUT2D eigenvalue weighted by Gasteiger charge is 2.27. The Morgan fingerprint density at radius 1 is 1.15 bits per heavy atom. The van der Waals surface area contributed by atoms with Crippen molar-refractivity contribution in [1.82, 2.24) is 4.72 Å². The van der Waals surface area contributed by atoms with Crippen LogP contribution < -0.4 is 9.46 Å². The van der Waals surface area contributed by atoms with Gasteiger partial charge in [-0.25, -0.2) is 13.1 Å². The van der Waals surface area contributed by atoms with Gasteiger partial charge >= 0.3 is 0 Å². The molecule has 0 spiro atoms. The van der Waals surface area contributed by atoms with Crippen LogP contribution in [-0.4, -0.2) is 21.1 Å². The molecular weight excluding hydrogens is 370 g/mol. The fraction of sp³-hybridized carbons (Fsp3) is 0.700. The van der Waals surface area contributed by atoms with Gasteiger partial charge in [0, 0.05) is 12.1 Å². The zero-order chi connectivity index (χ0) is 19.0. The van der Waals surface area contributed by atoms with Crippen LogP contribution in [0.15, 0.2) is 23.1 Å². The smallest absolute Gasteiger partial charge is 0.240 e. The van der Waals surface area contributed by atoms with Crippen LogP contribution in [0.1, 0.15) is 71.6 Å². The van der Waals surface area contributed by atoms with Crippen molar-refractivity contribution in [1.29, 1.82) is 0 Å². The summed E-state index contributed by atoms with van der Waals surface area (Å²) in [4.78, 5) is 0.223. The number of hydrogen-bond donors (Lipinski definition) is 1. The van der Waals surface area contributed by atoms with Gasteiger partial charge in [-0.2, -0.15) is 0 Å². The molecular formula is C20H32ClNO3S. The Morgan fingerprint density at radius 3 is 2.62 bits per heavy atom. The van der Waals surface area contributed by atoms with E-state index in [1.165, 1.54) is 25.7 Å². The van der Waals surface area contributed by atoms with E-state index in [0.717, 1.165) is 32.1 Å². The van der Waals surface area contributed by atoms with E-state index >= 15 is 0 Å². The van der Waals surface area contributed by atoms with Crippen LogP contribution in [-0.2, 0) is 10.0 Å². The summed E-state index contributed by atoms with van der Waals surface area (Å²) in [6.45, 7) is 4.85. The molecule has 0 unspecified atom stereocenters. The number of unbranched alkanes of at least 4 members (excludes halogenated alkanes) is 4. The van der Waals surface area contributed by atoms with Crippen LogP contribution >= 0.6 is 11.6 Å². The highest BCUT2D eigenvalue weighted by Crippen LogP contribution is 2.29. The maximum absolute atomic E-state index is 12.7. The fourth-order valence-corrected chi connectivity index (χ4v) is 4.97. The van der Waals surface area contributed by atoms with E-state index in [-0.39, 0.29) is 10.9 Å². The first-order chi connectivity index (χ1) is 12.4. The standard InChI is InChI=1S/C20H32ClNO3S/c1-3-4-5-6-9-14-25-20-15-17(12-13-18(20)21)26(23,24)22-19-11-8-7-10-16(19)2/h12-13,15-16,19,22H,3-11,14H2,1-2H3/t16-,19+/m1/s1. The molecule has 1 N–H and O–H groups in total. The Morgan fingerprint density at radius 2 is 1.88 bits per heavy atom. The highest BCUT2D eigenvalue weighted by molar-refractivity contribution is 7.89. The van der Waals surface area contributed by atoms with Crippen molar-refractivity contribution >= 4 is 21.6 Å². The summed E-state index contributed by atoms with van der Waals surface area (Å²) in [7, 11) is -3.56. The first-order valence-corrected chi connectivity index (χ1v) is 11.7. The normalized spacial score (nSPS) is 20.9. The number of benzene rings is 1. The van der Waals surface area contributed by atoms with E-state index < -0.39 is 10.0 Å². The van der Waals surface area contributed by atoms with Gasteiger partial charge in [-0.1, -0.05) is 64.0 Å². The van der Waals surface area contributed by atoms with Gasteiger partial charge < -0.3 is 4.74 Å². The molecule has 0 heterocycles. The zero-order valence-electron chi connectivity index (χ0n) is 16.0. The third-order valence-electron chi connectivity index (χ3n) is 5.14. The predicted molar refractivity (Wildman–Crippen MR) is 107 cm³/mol. The first-order valence-electron chi connectivity index (χ1n) is 9.88. The summed E-state index contributed by atoms with van der Waals surface area (Å²) in [5.74, 6) is 0.811. The molecule has 0 aromatic heterocycles. The van der Waals surface area contributed by atoms with Crippen molar-refractivity contribution < 1.29 is 13.2 Å². The molecule has 2 atom stereocenters. The third kappa shape index (κ3) is 6.43. The molecule has 0 radical (unpaired) electrons. The molecule has 1 aromatic rings. The Balaban J connectivity index is 1.98. The minimum Gasteiger partial charge on any atom is -0.492 e. The Hall–Kier alpha value is -0.780. The van der Waals surface area contributed by atoms with Crippen molar-refractivity contribution in [3.05, 3.63) is 23.2 Å². The topological polar surface area (TPSA) is 55.4 Å². The second-order valence-electron chi connectivity index (χ2n) is 7.34. The minimum absolute atomic E-state index is 0.00682. The molecule has 1 aliphatic carbocycles. The lowest BCUT2D eigenvalue weighted by atomic mass is 9.87. The number of ether oxygens (including phenoxy) is 1. The van der Waals surface area contributed by atoms with Gasteiger partial charge in [-0.15, -0.1) is 0 Å². The molecule has 1 aliphatic rings. The third-order valence-corrected chi connectivity index (χ3v) is 6.94. The number of nitrogens with one attached hydrogen (secondary N) is 1. The lowest BCUT2D eigenvalue weighted by Gasteiger charge is -2.29. The van der Waals surface area contributed by atoms with Gasteiger partial charge in [0.2, 0.25) is 10.0 Å². The predicted octanol–water partition coefficient (Wildman–Crippen LogP) is 5.55. The van der Waals surface area contributed by atoms with Crippen LogP contribution in [0.5, 0.6) is 5.75 Å². The highest BCUT2D eigenvalue weighted by atomic mass is 35.5. The first kappa shape index (κ1) is 21.5. The molecule has 1 saturated carbocycles. The van der Waals surface area contributed by atoms with E-state index in [1.54, 1.807) is 18.2 Å². The fourth-order valence-electron chi connectivity index (χ4n) is 3.41. The summed E-state index contributed by atoms with van der Waals surface area (Å²) in [5.41, 5.74) is 0. The van der Waals surface area contributed by atoms with Gasteiger partial charge in [0.1, 0.15) is 5.75 Å². The van der Waals surface area contributed by atoms with Crippen LogP contribution in [0.3, 0.4) is 0 Å². The summed E-state index contributed by atoms with van der Waals surface area (Å²) in [6.07, 6.45) is 9.93. The zero-order valence-corrected chi connectivity index (χ0v) is 17.5. The van der Waals surface area contributed by atoms with Crippen LogP contribution in [0.2, 0.25) is 5.02 Å². The van der Waals surface area contributed by atoms with Crippen LogP contribution in [0.4, 0.5) is 0 Å². The number of halogens is 1. The molecule has 26 heavy (non-hydrogen) atoms. The second kappa shape index (κ2) is 10.5. The summed E-state index contributed by atoms with van der Waals surface area (Å²) in [6, 6.07) is 4.70. The Labute approximate surface area is 163 Å². The van der Waals surface area contributed by atoms with E-state index in [4.69, 9.17) is 16.3 Å². The van der Waals surface area contributed by atoms with Crippen molar-refractivity contribution in [3.63, 3.8) is 0 Å². The molecule has 1 aromatic carbocycles. The van der Waals surface area contributed by atoms with E-state index in [0.29, 0.717) is 23.3 Å². The molecule has 1 fully saturated rings. The monoisotopic (exact) mass is 401 g/mol. The van der Waals surface area contributed by atoms with E-state index in [9.17, 15) is 8.42 Å². The van der Waals surface area contributed by atoms with Crippen molar-refractivity contribution in [3.8, 4) is 5.75 Å². The molecule has 148 valence electrons. The Kier molecular flexibility index (Phi) is 8.71. The van der Waals surface area contributed by atoms with Gasteiger partial charge in [0.25, 0.3) is 0 Å². The molecule has 4 nitrogen and oxygen atoms in total. The van der Waals surface area contributed by atoms with Gasteiger partial charge in [-0.3, -0.25) is 0 Å². The van der Waals surface area contributed by atoms with E-state index in [1.807, 2.05) is 0 Å². The SMILES string of the molecule is CCCCCCCOc1cc(S(=O)(=O)N[C@H]2CCCC[C@H]2C)ccc1Cl. The minimum atomic E-state index is -3.56. The van der Waals surface area contributed by atoms with Crippen LogP contribution in [0.25, 0.3) is 0 Å². The van der Waals surface area contributed by atoms with Crippen molar-refractivity contribution in [2.75, 3.05) is 6.61 Å². The molecule has 0 aliphatic heterocycles. The lowest BCUT2D eigenvalue weighted by molar-refractivity contribution is 0.303. The van der Waals surface area contributed by atoms with Gasteiger partial charge in [0.15, 0.2) is 0 Å². The van der Waals surface area contributed by atoms with E-state index in [2.05, 4.69) is 18.6 Å². The summed E-state index contributed by atoms with van der Waals surface area (Å²) < 4.78 is 34.1. The largest absolute Gasteiger partial charge is 0.492 e.